The van der Waals surface area contributed by atoms with Crippen LogP contribution in [0.1, 0.15) is 43.9 Å². The molecule has 1 aliphatic rings. The van der Waals surface area contributed by atoms with Gasteiger partial charge in [0.25, 0.3) is 0 Å². The molecule has 0 spiro atoms. The first-order valence-electron chi connectivity index (χ1n) is 9.99. The first-order valence-corrected chi connectivity index (χ1v) is 9.99. The Bertz CT molecular complexity index is 586. The Morgan fingerprint density at radius 2 is 2.26 bits per heavy atom. The molecule has 6 heteroatoms. The minimum atomic E-state index is 0.0938. The second-order valence-electron chi connectivity index (χ2n) is 7.03. The number of guanidine groups is 1. The van der Waals surface area contributed by atoms with Gasteiger partial charge in [-0.25, -0.2) is 0 Å². The van der Waals surface area contributed by atoms with Crippen molar-refractivity contribution < 1.29 is 14.2 Å². The summed E-state index contributed by atoms with van der Waals surface area (Å²) in [4.78, 5) is 4.68. The molecule has 0 radical (unpaired) electrons. The molecule has 1 saturated heterocycles. The molecule has 6 nitrogen and oxygen atoms in total. The van der Waals surface area contributed by atoms with Gasteiger partial charge in [0, 0.05) is 37.8 Å². The Hall–Kier alpha value is -1.79. The third kappa shape index (κ3) is 7.39. The molecule has 27 heavy (non-hydrogen) atoms. The molecule has 0 aromatic heterocycles. The van der Waals surface area contributed by atoms with Gasteiger partial charge in [-0.15, -0.1) is 0 Å². The quantitative estimate of drug-likeness (QED) is 0.373. The molecule has 2 rings (SSSR count). The van der Waals surface area contributed by atoms with Crippen molar-refractivity contribution in [1.29, 1.82) is 0 Å². The molecule has 0 amide bonds. The Balaban J connectivity index is 1.80. The van der Waals surface area contributed by atoms with Crippen LogP contribution in [0.25, 0.3) is 0 Å². The number of aryl methyl sites for hydroxylation is 1. The maximum atomic E-state index is 5.75. The van der Waals surface area contributed by atoms with E-state index in [2.05, 4.69) is 48.5 Å². The number of nitrogens with zero attached hydrogens (tertiary/aromatic N) is 1. The molecule has 2 N–H and O–H groups in total. The summed E-state index contributed by atoms with van der Waals surface area (Å²) in [7, 11) is 1.71. The van der Waals surface area contributed by atoms with Crippen molar-refractivity contribution in [3.8, 4) is 5.75 Å². The zero-order valence-electron chi connectivity index (χ0n) is 17.2. The molecular weight excluding hydrogens is 342 g/mol. The van der Waals surface area contributed by atoms with Gasteiger partial charge in [0.05, 0.1) is 26.4 Å². The van der Waals surface area contributed by atoms with Crippen molar-refractivity contribution >= 4 is 5.96 Å². The van der Waals surface area contributed by atoms with Crippen LogP contribution in [0.15, 0.2) is 23.2 Å². The molecule has 1 aromatic carbocycles. The van der Waals surface area contributed by atoms with Crippen LogP contribution < -0.4 is 15.4 Å². The van der Waals surface area contributed by atoms with Gasteiger partial charge in [-0.05, 0) is 39.7 Å². The highest BCUT2D eigenvalue weighted by Gasteiger charge is 2.15. The van der Waals surface area contributed by atoms with E-state index in [1.54, 1.807) is 7.11 Å². The third-order valence-electron chi connectivity index (χ3n) is 4.64. The van der Waals surface area contributed by atoms with E-state index in [1.807, 2.05) is 6.07 Å². The van der Waals surface area contributed by atoms with Gasteiger partial charge < -0.3 is 24.8 Å². The fourth-order valence-electron chi connectivity index (χ4n) is 3.12. The van der Waals surface area contributed by atoms with E-state index in [-0.39, 0.29) is 6.04 Å². The lowest BCUT2D eigenvalue weighted by molar-refractivity contribution is 0.0893. The second-order valence-corrected chi connectivity index (χ2v) is 7.03. The number of aliphatic imine (C=N–C) groups is 1. The van der Waals surface area contributed by atoms with Crippen LogP contribution in [0.5, 0.6) is 5.75 Å². The van der Waals surface area contributed by atoms with E-state index in [9.17, 15) is 0 Å². The van der Waals surface area contributed by atoms with Crippen LogP contribution in [0, 0.1) is 12.8 Å². The monoisotopic (exact) mass is 377 g/mol. The van der Waals surface area contributed by atoms with Crippen molar-refractivity contribution in [1.82, 2.24) is 10.6 Å². The van der Waals surface area contributed by atoms with Crippen LogP contribution in [0.2, 0.25) is 0 Å². The average molecular weight is 378 g/mol. The standard InChI is InChI=1S/C21H35N3O3/c1-5-22-21(23-10-6-11-26-14-18-9-12-27-15-18)24-17(3)19-13-16(2)7-8-20(19)25-4/h7-8,13,17-18H,5-6,9-12,14-15H2,1-4H3,(H2,22,23,24). The molecule has 1 aromatic rings. The van der Waals surface area contributed by atoms with E-state index in [0.29, 0.717) is 5.92 Å². The van der Waals surface area contributed by atoms with Crippen molar-refractivity contribution in [2.75, 3.05) is 46.6 Å². The lowest BCUT2D eigenvalue weighted by atomic mass is 10.0. The highest BCUT2D eigenvalue weighted by atomic mass is 16.5. The SMILES string of the molecule is CCNC(=NCCCOCC1CCOC1)NC(C)c1cc(C)ccc1OC. The zero-order valence-corrected chi connectivity index (χ0v) is 17.2. The van der Waals surface area contributed by atoms with Gasteiger partial charge in [0.2, 0.25) is 0 Å². The first-order chi connectivity index (χ1) is 13.1. The average Bonchev–Trinajstić information content (AvgIpc) is 3.18. The minimum Gasteiger partial charge on any atom is -0.496 e. The summed E-state index contributed by atoms with van der Waals surface area (Å²) in [6.07, 6.45) is 2.03. The van der Waals surface area contributed by atoms with E-state index < -0.39 is 0 Å². The van der Waals surface area contributed by atoms with E-state index in [4.69, 9.17) is 14.2 Å². The summed E-state index contributed by atoms with van der Waals surface area (Å²) < 4.78 is 16.6. The summed E-state index contributed by atoms with van der Waals surface area (Å²) in [5.41, 5.74) is 2.34. The fraction of sp³-hybridized carbons (Fsp3) is 0.667. The molecular formula is C21H35N3O3. The lowest BCUT2D eigenvalue weighted by Crippen LogP contribution is -2.39. The van der Waals surface area contributed by atoms with Crippen LogP contribution in [-0.4, -0.2) is 52.6 Å². The molecule has 1 aliphatic heterocycles. The van der Waals surface area contributed by atoms with Gasteiger partial charge in [-0.1, -0.05) is 17.7 Å². The van der Waals surface area contributed by atoms with Crippen molar-refractivity contribution in [3.05, 3.63) is 29.3 Å². The summed E-state index contributed by atoms with van der Waals surface area (Å²) in [6, 6.07) is 6.32. The minimum absolute atomic E-state index is 0.0938. The molecule has 0 bridgehead atoms. The maximum absolute atomic E-state index is 5.75. The summed E-state index contributed by atoms with van der Waals surface area (Å²) in [6.45, 7) is 11.1. The molecule has 0 saturated carbocycles. The second kappa shape index (κ2) is 11.8. The number of ether oxygens (including phenoxy) is 3. The van der Waals surface area contributed by atoms with Crippen LogP contribution in [0.4, 0.5) is 0 Å². The highest BCUT2D eigenvalue weighted by molar-refractivity contribution is 5.80. The lowest BCUT2D eigenvalue weighted by Gasteiger charge is -2.20. The smallest absolute Gasteiger partial charge is 0.191 e. The van der Waals surface area contributed by atoms with Crippen LogP contribution >= 0.6 is 0 Å². The van der Waals surface area contributed by atoms with Crippen LogP contribution in [0.3, 0.4) is 0 Å². The number of nitrogens with one attached hydrogen (secondary N) is 2. The number of hydrogen-bond acceptors (Lipinski definition) is 4. The predicted molar refractivity (Wildman–Crippen MR) is 110 cm³/mol. The van der Waals surface area contributed by atoms with Gasteiger partial charge in [-0.2, -0.15) is 0 Å². The molecule has 0 aliphatic carbocycles. The number of rotatable bonds is 10. The normalized spacial score (nSPS) is 18.4. The van der Waals surface area contributed by atoms with Crippen molar-refractivity contribution in [3.63, 3.8) is 0 Å². The summed E-state index contributed by atoms with van der Waals surface area (Å²) in [5, 5.41) is 6.79. The van der Waals surface area contributed by atoms with Crippen molar-refractivity contribution in [2.45, 2.75) is 39.7 Å². The Labute approximate surface area is 163 Å². The third-order valence-corrected chi connectivity index (χ3v) is 4.64. The summed E-state index contributed by atoms with van der Waals surface area (Å²) >= 11 is 0. The van der Waals surface area contributed by atoms with E-state index in [1.165, 1.54) is 5.56 Å². The van der Waals surface area contributed by atoms with Gasteiger partial charge in [0.1, 0.15) is 5.75 Å². The molecule has 152 valence electrons. The van der Waals surface area contributed by atoms with Gasteiger partial charge in [0.15, 0.2) is 5.96 Å². The summed E-state index contributed by atoms with van der Waals surface area (Å²) in [5.74, 6) is 2.27. The van der Waals surface area contributed by atoms with Crippen LogP contribution in [-0.2, 0) is 9.47 Å². The van der Waals surface area contributed by atoms with Gasteiger partial charge >= 0.3 is 0 Å². The number of hydrogen-bond donors (Lipinski definition) is 2. The predicted octanol–water partition coefficient (Wildman–Crippen LogP) is 3.06. The number of benzene rings is 1. The van der Waals surface area contributed by atoms with E-state index >= 15 is 0 Å². The Morgan fingerprint density at radius 1 is 1.41 bits per heavy atom. The molecule has 1 heterocycles. The first kappa shape index (κ1) is 21.5. The van der Waals surface area contributed by atoms with E-state index in [0.717, 1.165) is 69.6 Å². The zero-order chi connectivity index (χ0) is 19.5. The molecule has 2 atom stereocenters. The Morgan fingerprint density at radius 3 is 2.96 bits per heavy atom. The molecule has 2 unspecified atom stereocenters. The maximum Gasteiger partial charge on any atom is 0.191 e. The largest absolute Gasteiger partial charge is 0.496 e. The van der Waals surface area contributed by atoms with Crippen molar-refractivity contribution in [2.24, 2.45) is 10.9 Å². The van der Waals surface area contributed by atoms with Gasteiger partial charge in [-0.3, -0.25) is 4.99 Å². The molecule has 1 fully saturated rings. The fourth-order valence-corrected chi connectivity index (χ4v) is 3.12. The highest BCUT2D eigenvalue weighted by Crippen LogP contribution is 2.25. The Kier molecular flexibility index (Phi) is 9.42. The topological polar surface area (TPSA) is 64.1 Å². The number of methoxy groups -OCH3 is 1.